The molecular weight excluding hydrogens is 172 g/mol. The largest absolute Gasteiger partial charge is 0.665 e. The topological polar surface area (TPSA) is 14.1 Å². The third kappa shape index (κ3) is 2.25. The molecule has 1 aromatic carbocycles. The van der Waals surface area contributed by atoms with Gasteiger partial charge in [-0.2, -0.15) is 7.05 Å². The standard InChI is InChI=1S/C10H12F2N/c1-7-3-4-8(5-6-13-2)10(12)9(7)11/h3-4H,5-6H2,1-2H3/q-1. The Morgan fingerprint density at radius 2 is 1.92 bits per heavy atom. The lowest BCUT2D eigenvalue weighted by Gasteiger charge is -2.11. The fraction of sp³-hybridized carbons (Fsp3) is 0.400. The molecule has 0 aromatic heterocycles. The fourth-order valence-electron chi connectivity index (χ4n) is 1.11. The van der Waals surface area contributed by atoms with Crippen LogP contribution in [0.3, 0.4) is 0 Å². The number of aryl methyl sites for hydroxylation is 1. The minimum Gasteiger partial charge on any atom is -0.665 e. The molecule has 0 spiro atoms. The van der Waals surface area contributed by atoms with Gasteiger partial charge in [-0.05, 0) is 24.5 Å². The molecule has 1 aromatic rings. The zero-order chi connectivity index (χ0) is 9.84. The van der Waals surface area contributed by atoms with Crippen molar-refractivity contribution in [1.29, 1.82) is 0 Å². The molecule has 0 fully saturated rings. The molecule has 0 aliphatic heterocycles. The molecule has 0 radical (unpaired) electrons. The van der Waals surface area contributed by atoms with Crippen LogP contribution < -0.4 is 0 Å². The molecule has 0 saturated carbocycles. The van der Waals surface area contributed by atoms with Crippen molar-refractivity contribution in [2.45, 2.75) is 13.3 Å². The maximum atomic E-state index is 13.2. The molecule has 0 aliphatic rings. The van der Waals surface area contributed by atoms with Gasteiger partial charge >= 0.3 is 0 Å². The molecule has 3 heteroatoms. The van der Waals surface area contributed by atoms with E-state index < -0.39 is 11.6 Å². The first-order chi connectivity index (χ1) is 6.16. The molecule has 0 aliphatic carbocycles. The van der Waals surface area contributed by atoms with Crippen molar-refractivity contribution in [3.63, 3.8) is 0 Å². The second kappa shape index (κ2) is 4.33. The minimum atomic E-state index is -0.742. The van der Waals surface area contributed by atoms with E-state index in [0.29, 0.717) is 24.1 Å². The molecule has 72 valence electrons. The van der Waals surface area contributed by atoms with E-state index in [1.54, 1.807) is 26.1 Å². The summed E-state index contributed by atoms with van der Waals surface area (Å²) in [4.78, 5) is 0. The predicted octanol–water partition coefficient (Wildman–Crippen LogP) is 2.82. The van der Waals surface area contributed by atoms with Crippen LogP contribution in [0.5, 0.6) is 0 Å². The lowest BCUT2D eigenvalue weighted by atomic mass is 10.1. The van der Waals surface area contributed by atoms with Crippen molar-refractivity contribution in [2.75, 3.05) is 13.6 Å². The highest BCUT2D eigenvalue weighted by atomic mass is 19.2. The van der Waals surface area contributed by atoms with Crippen LogP contribution in [0, 0.1) is 18.6 Å². The Hall–Kier alpha value is -0.960. The Morgan fingerprint density at radius 3 is 2.54 bits per heavy atom. The zero-order valence-corrected chi connectivity index (χ0v) is 7.77. The summed E-state index contributed by atoms with van der Waals surface area (Å²) in [5.74, 6) is -1.47. The van der Waals surface area contributed by atoms with Gasteiger partial charge in [0.15, 0.2) is 11.6 Å². The summed E-state index contributed by atoms with van der Waals surface area (Å²) in [6, 6.07) is 3.20. The lowest BCUT2D eigenvalue weighted by molar-refractivity contribution is 0.494. The van der Waals surface area contributed by atoms with Crippen LogP contribution in [0.4, 0.5) is 8.78 Å². The van der Waals surface area contributed by atoms with Crippen molar-refractivity contribution >= 4 is 0 Å². The number of likely N-dealkylation sites (N-methyl/N-ethyl adjacent to an activating group) is 1. The van der Waals surface area contributed by atoms with Gasteiger partial charge in [0, 0.05) is 0 Å². The van der Waals surface area contributed by atoms with Crippen LogP contribution >= 0.6 is 0 Å². The number of halogens is 2. The molecule has 1 rings (SSSR count). The van der Waals surface area contributed by atoms with Gasteiger partial charge in [-0.25, -0.2) is 8.78 Å². The fourth-order valence-corrected chi connectivity index (χ4v) is 1.11. The van der Waals surface area contributed by atoms with Gasteiger partial charge in [-0.3, -0.25) is 0 Å². The number of hydrogen-bond acceptors (Lipinski definition) is 0. The van der Waals surface area contributed by atoms with Crippen molar-refractivity contribution in [3.8, 4) is 0 Å². The quantitative estimate of drug-likeness (QED) is 0.685. The second-order valence-electron chi connectivity index (χ2n) is 2.96. The Labute approximate surface area is 76.8 Å². The SMILES string of the molecule is C[N-]CCc1ccc(C)c(F)c1F. The van der Waals surface area contributed by atoms with Crippen LogP contribution in [0.1, 0.15) is 11.1 Å². The van der Waals surface area contributed by atoms with E-state index in [4.69, 9.17) is 0 Å². The molecule has 0 amide bonds. The first kappa shape index (κ1) is 10.1. The average molecular weight is 184 g/mol. The van der Waals surface area contributed by atoms with Crippen LogP contribution in [-0.4, -0.2) is 13.6 Å². The molecule has 0 unspecified atom stereocenters. The maximum absolute atomic E-state index is 13.2. The van der Waals surface area contributed by atoms with Gasteiger partial charge in [-0.1, -0.05) is 12.1 Å². The van der Waals surface area contributed by atoms with E-state index in [1.165, 1.54) is 0 Å². The first-order valence-electron chi connectivity index (χ1n) is 4.16. The lowest BCUT2D eigenvalue weighted by Crippen LogP contribution is -1.99. The zero-order valence-electron chi connectivity index (χ0n) is 7.77. The monoisotopic (exact) mass is 184 g/mol. The summed E-state index contributed by atoms with van der Waals surface area (Å²) in [6.07, 6.45) is 0.458. The third-order valence-electron chi connectivity index (χ3n) is 1.96. The molecule has 13 heavy (non-hydrogen) atoms. The Bertz CT molecular complexity index is 297. The molecule has 0 saturated heterocycles. The first-order valence-corrected chi connectivity index (χ1v) is 4.16. The van der Waals surface area contributed by atoms with Crippen molar-refractivity contribution in [2.24, 2.45) is 0 Å². The highest BCUT2D eigenvalue weighted by Crippen LogP contribution is 2.16. The number of benzene rings is 1. The number of rotatable bonds is 3. The highest BCUT2D eigenvalue weighted by molar-refractivity contribution is 5.25. The van der Waals surface area contributed by atoms with Crippen LogP contribution in [0.2, 0.25) is 0 Å². The second-order valence-corrected chi connectivity index (χ2v) is 2.96. The van der Waals surface area contributed by atoms with Crippen molar-refractivity contribution in [1.82, 2.24) is 0 Å². The summed E-state index contributed by atoms with van der Waals surface area (Å²) < 4.78 is 26.2. The third-order valence-corrected chi connectivity index (χ3v) is 1.96. The molecule has 1 nitrogen and oxygen atoms in total. The number of hydrogen-bond donors (Lipinski definition) is 0. The van der Waals surface area contributed by atoms with Crippen LogP contribution in [-0.2, 0) is 6.42 Å². The van der Waals surface area contributed by atoms with Crippen molar-refractivity contribution < 1.29 is 8.78 Å². The summed E-state index contributed by atoms with van der Waals surface area (Å²) in [5.41, 5.74) is 0.739. The molecule has 0 atom stereocenters. The van der Waals surface area contributed by atoms with Gasteiger partial charge in [0.05, 0.1) is 0 Å². The Kier molecular flexibility index (Phi) is 3.37. The summed E-state index contributed by atoms with van der Waals surface area (Å²) >= 11 is 0. The van der Waals surface area contributed by atoms with E-state index in [9.17, 15) is 8.78 Å². The summed E-state index contributed by atoms with van der Waals surface area (Å²) in [6.45, 7) is 2.08. The average Bonchev–Trinajstić information content (AvgIpc) is 2.13. The van der Waals surface area contributed by atoms with E-state index in [0.717, 1.165) is 0 Å². The highest BCUT2D eigenvalue weighted by Gasteiger charge is 2.08. The molecular formula is C10H12F2N-. The molecule has 0 bridgehead atoms. The summed E-state index contributed by atoms with van der Waals surface area (Å²) in [7, 11) is 1.66. The van der Waals surface area contributed by atoms with Gasteiger partial charge in [0.2, 0.25) is 0 Å². The Balaban J connectivity index is 2.90. The minimum absolute atomic E-state index is 0.342. The van der Waals surface area contributed by atoms with Crippen LogP contribution in [0.15, 0.2) is 12.1 Å². The predicted molar refractivity (Wildman–Crippen MR) is 48.9 cm³/mol. The van der Waals surface area contributed by atoms with Gasteiger partial charge in [0.1, 0.15) is 0 Å². The normalized spacial score (nSPS) is 10.5. The van der Waals surface area contributed by atoms with E-state index in [1.807, 2.05) is 0 Å². The Morgan fingerprint density at radius 1 is 1.23 bits per heavy atom. The van der Waals surface area contributed by atoms with Gasteiger partial charge in [-0.15, -0.1) is 6.54 Å². The van der Waals surface area contributed by atoms with E-state index in [2.05, 4.69) is 5.32 Å². The van der Waals surface area contributed by atoms with E-state index >= 15 is 0 Å². The molecule has 0 heterocycles. The van der Waals surface area contributed by atoms with E-state index in [-0.39, 0.29) is 0 Å². The molecule has 0 N–H and O–H groups in total. The van der Waals surface area contributed by atoms with Gasteiger partial charge < -0.3 is 5.32 Å². The van der Waals surface area contributed by atoms with Gasteiger partial charge in [0.25, 0.3) is 0 Å². The maximum Gasteiger partial charge on any atom is 0.162 e. The van der Waals surface area contributed by atoms with Crippen molar-refractivity contribution in [3.05, 3.63) is 40.2 Å². The summed E-state index contributed by atoms with van der Waals surface area (Å²) in [5, 5.41) is 3.84. The van der Waals surface area contributed by atoms with Crippen LogP contribution in [0.25, 0.3) is 5.32 Å². The number of nitrogens with zero attached hydrogens (tertiary/aromatic N) is 1. The smallest absolute Gasteiger partial charge is 0.162 e.